The zero-order valence-corrected chi connectivity index (χ0v) is 16.7. The Hall–Kier alpha value is -2.00. The van der Waals surface area contributed by atoms with E-state index >= 15 is 0 Å². The van der Waals surface area contributed by atoms with Crippen LogP contribution in [0, 0.1) is 12.7 Å². The van der Waals surface area contributed by atoms with E-state index in [2.05, 4.69) is 10.0 Å². The predicted octanol–water partition coefficient (Wildman–Crippen LogP) is 3.50. The van der Waals surface area contributed by atoms with E-state index in [1.54, 1.807) is 12.1 Å². The number of halogens is 2. The van der Waals surface area contributed by atoms with Crippen LogP contribution in [-0.2, 0) is 14.8 Å². The second-order valence-corrected chi connectivity index (χ2v) is 8.72. The molecule has 0 bridgehead atoms. The van der Waals surface area contributed by atoms with Crippen LogP contribution in [0.25, 0.3) is 0 Å². The van der Waals surface area contributed by atoms with Gasteiger partial charge in [0, 0.05) is 23.9 Å². The van der Waals surface area contributed by atoms with Crippen molar-refractivity contribution in [2.75, 3.05) is 18.5 Å². The molecule has 1 amide bonds. The fraction of sp³-hybridized carbons (Fsp3) is 0.316. The zero-order chi connectivity index (χ0) is 20.3. The fourth-order valence-electron chi connectivity index (χ4n) is 2.81. The first-order chi connectivity index (χ1) is 13.3. The van der Waals surface area contributed by atoms with Crippen LogP contribution in [0.5, 0.6) is 0 Å². The van der Waals surface area contributed by atoms with Crippen LogP contribution in [0.4, 0.5) is 10.1 Å². The second kappa shape index (κ2) is 8.57. The van der Waals surface area contributed by atoms with Crippen molar-refractivity contribution in [3.8, 4) is 0 Å². The molecule has 1 saturated heterocycles. The van der Waals surface area contributed by atoms with Gasteiger partial charge in [-0.25, -0.2) is 17.5 Å². The van der Waals surface area contributed by atoms with Gasteiger partial charge >= 0.3 is 0 Å². The first kappa shape index (κ1) is 20.7. The summed E-state index contributed by atoms with van der Waals surface area (Å²) in [5.74, 6) is -1.60. The Kier molecular flexibility index (Phi) is 6.34. The first-order valence-electron chi connectivity index (χ1n) is 8.74. The van der Waals surface area contributed by atoms with Gasteiger partial charge in [-0.05, 0) is 55.7 Å². The number of hydrogen-bond donors (Lipinski definition) is 2. The van der Waals surface area contributed by atoms with Gasteiger partial charge in [-0.15, -0.1) is 0 Å². The van der Waals surface area contributed by atoms with Gasteiger partial charge in [0.05, 0.1) is 16.6 Å². The molecule has 2 aromatic carbocycles. The van der Waals surface area contributed by atoms with E-state index in [0.717, 1.165) is 36.6 Å². The van der Waals surface area contributed by atoms with Crippen molar-refractivity contribution in [1.29, 1.82) is 0 Å². The molecule has 0 aliphatic carbocycles. The van der Waals surface area contributed by atoms with Crippen LogP contribution in [0.15, 0.2) is 41.3 Å². The molecule has 1 aliphatic rings. The van der Waals surface area contributed by atoms with Gasteiger partial charge in [0.1, 0.15) is 5.82 Å². The second-order valence-electron chi connectivity index (χ2n) is 6.55. The third-order valence-electron chi connectivity index (χ3n) is 4.45. The lowest BCUT2D eigenvalue weighted by Crippen LogP contribution is -2.32. The number of benzene rings is 2. The predicted molar refractivity (Wildman–Crippen MR) is 105 cm³/mol. The number of amides is 1. The quantitative estimate of drug-likeness (QED) is 0.740. The Morgan fingerprint density at radius 1 is 1.29 bits per heavy atom. The maximum absolute atomic E-state index is 14.2. The summed E-state index contributed by atoms with van der Waals surface area (Å²) in [5.41, 5.74) is 0.831. The number of ether oxygens (including phenoxy) is 1. The van der Waals surface area contributed by atoms with E-state index in [1.165, 1.54) is 6.07 Å². The molecule has 28 heavy (non-hydrogen) atoms. The Morgan fingerprint density at radius 2 is 2.07 bits per heavy atom. The largest absolute Gasteiger partial charge is 0.377 e. The van der Waals surface area contributed by atoms with E-state index in [0.29, 0.717) is 17.3 Å². The van der Waals surface area contributed by atoms with Crippen molar-refractivity contribution in [3.63, 3.8) is 0 Å². The van der Waals surface area contributed by atoms with Crippen molar-refractivity contribution in [2.45, 2.75) is 30.8 Å². The minimum Gasteiger partial charge on any atom is -0.377 e. The smallest absolute Gasteiger partial charge is 0.258 e. The maximum Gasteiger partial charge on any atom is 0.258 e. The lowest BCUT2D eigenvalue weighted by Gasteiger charge is -2.13. The molecule has 150 valence electrons. The summed E-state index contributed by atoms with van der Waals surface area (Å²) in [6.07, 6.45) is 1.49. The topological polar surface area (TPSA) is 84.5 Å². The molecule has 2 aromatic rings. The van der Waals surface area contributed by atoms with Gasteiger partial charge < -0.3 is 10.1 Å². The summed E-state index contributed by atoms with van der Waals surface area (Å²) in [6.45, 7) is 2.55. The molecule has 0 spiro atoms. The number of rotatable bonds is 6. The molecule has 0 radical (unpaired) electrons. The average molecular weight is 427 g/mol. The van der Waals surface area contributed by atoms with Gasteiger partial charge in [-0.1, -0.05) is 17.7 Å². The average Bonchev–Trinajstić information content (AvgIpc) is 3.17. The van der Waals surface area contributed by atoms with E-state index in [-0.39, 0.29) is 23.1 Å². The highest BCUT2D eigenvalue weighted by molar-refractivity contribution is 7.89. The van der Waals surface area contributed by atoms with Gasteiger partial charge in [-0.3, -0.25) is 4.79 Å². The Balaban J connectivity index is 1.77. The number of carbonyl (C=O) groups excluding carboxylic acids is 1. The van der Waals surface area contributed by atoms with Gasteiger partial charge in [0.15, 0.2) is 0 Å². The molecule has 1 heterocycles. The molecule has 1 atom stereocenters. The lowest BCUT2D eigenvalue weighted by atomic mass is 10.2. The summed E-state index contributed by atoms with van der Waals surface area (Å²) in [7, 11) is -3.90. The monoisotopic (exact) mass is 426 g/mol. The van der Waals surface area contributed by atoms with Crippen LogP contribution in [0.1, 0.15) is 28.8 Å². The summed E-state index contributed by atoms with van der Waals surface area (Å²) in [5, 5.41) is 2.98. The first-order valence-corrected chi connectivity index (χ1v) is 10.6. The van der Waals surface area contributed by atoms with Crippen LogP contribution in [0.2, 0.25) is 5.02 Å². The summed E-state index contributed by atoms with van der Waals surface area (Å²) in [4.78, 5) is 12.3. The minimum atomic E-state index is -3.90. The number of aryl methyl sites for hydroxylation is 1. The standard InChI is InChI=1S/C19H20ClFN2O4S/c1-12-4-5-13(9-17(12)20)23-19(24)16-10-15(6-7-18(16)21)28(25,26)22-11-14-3-2-8-27-14/h4-7,9-10,14,22H,2-3,8,11H2,1H3,(H,23,24)/t14-/m0/s1. The normalized spacial score (nSPS) is 16.9. The summed E-state index contributed by atoms with van der Waals surface area (Å²) < 4.78 is 46.9. The van der Waals surface area contributed by atoms with E-state index < -0.39 is 21.7 Å². The minimum absolute atomic E-state index is 0.128. The maximum atomic E-state index is 14.2. The number of hydrogen-bond acceptors (Lipinski definition) is 4. The molecule has 9 heteroatoms. The molecule has 0 saturated carbocycles. The van der Waals surface area contributed by atoms with Crippen LogP contribution in [0.3, 0.4) is 0 Å². The van der Waals surface area contributed by atoms with Gasteiger partial charge in [0.25, 0.3) is 5.91 Å². The van der Waals surface area contributed by atoms with Crippen molar-refractivity contribution in [2.24, 2.45) is 0 Å². The van der Waals surface area contributed by atoms with E-state index in [1.807, 2.05) is 6.92 Å². The Labute approximate surface area is 168 Å². The summed E-state index contributed by atoms with van der Waals surface area (Å²) in [6, 6.07) is 7.96. The van der Waals surface area contributed by atoms with Crippen molar-refractivity contribution < 1.29 is 22.3 Å². The highest BCUT2D eigenvalue weighted by Crippen LogP contribution is 2.22. The van der Waals surface area contributed by atoms with E-state index in [9.17, 15) is 17.6 Å². The summed E-state index contributed by atoms with van der Waals surface area (Å²) >= 11 is 6.03. The van der Waals surface area contributed by atoms with Crippen molar-refractivity contribution >= 4 is 33.2 Å². The lowest BCUT2D eigenvalue weighted by molar-refractivity contribution is 0.102. The third-order valence-corrected chi connectivity index (χ3v) is 6.28. The Morgan fingerprint density at radius 3 is 2.75 bits per heavy atom. The fourth-order valence-corrected chi connectivity index (χ4v) is 4.08. The molecule has 2 N–H and O–H groups in total. The Bertz CT molecular complexity index is 991. The number of nitrogens with one attached hydrogen (secondary N) is 2. The van der Waals surface area contributed by atoms with Crippen molar-refractivity contribution in [1.82, 2.24) is 4.72 Å². The number of carbonyl (C=O) groups is 1. The molecule has 3 rings (SSSR count). The highest BCUT2D eigenvalue weighted by Gasteiger charge is 2.22. The SMILES string of the molecule is Cc1ccc(NC(=O)c2cc(S(=O)(=O)NC[C@@H]3CCCO3)ccc2F)cc1Cl. The van der Waals surface area contributed by atoms with Gasteiger partial charge in [0.2, 0.25) is 10.0 Å². The molecular formula is C19H20ClFN2O4S. The molecule has 6 nitrogen and oxygen atoms in total. The number of anilines is 1. The molecule has 1 aliphatic heterocycles. The molecule has 1 fully saturated rings. The molecule has 0 unspecified atom stereocenters. The van der Waals surface area contributed by atoms with Crippen LogP contribution >= 0.6 is 11.6 Å². The van der Waals surface area contributed by atoms with Crippen LogP contribution < -0.4 is 10.0 Å². The van der Waals surface area contributed by atoms with Crippen LogP contribution in [-0.4, -0.2) is 33.6 Å². The third kappa shape index (κ3) is 4.88. The molecule has 0 aromatic heterocycles. The number of sulfonamides is 1. The van der Waals surface area contributed by atoms with Gasteiger partial charge in [-0.2, -0.15) is 0 Å². The molecular weight excluding hydrogens is 407 g/mol. The van der Waals surface area contributed by atoms with Crippen molar-refractivity contribution in [3.05, 3.63) is 58.4 Å². The zero-order valence-electron chi connectivity index (χ0n) is 15.2. The van der Waals surface area contributed by atoms with E-state index in [4.69, 9.17) is 16.3 Å². The highest BCUT2D eigenvalue weighted by atomic mass is 35.5.